The van der Waals surface area contributed by atoms with E-state index in [2.05, 4.69) is 67.0 Å². The second kappa shape index (κ2) is 7.82. The number of hydrogen-bond acceptors (Lipinski definition) is 4. The summed E-state index contributed by atoms with van der Waals surface area (Å²) in [6, 6.07) is 8.87. The van der Waals surface area contributed by atoms with Gasteiger partial charge in [0.15, 0.2) is 5.96 Å². The number of benzene rings is 1. The van der Waals surface area contributed by atoms with Crippen LogP contribution < -0.4 is 15.5 Å². The smallest absolute Gasteiger partial charge is 0.191 e. The van der Waals surface area contributed by atoms with Gasteiger partial charge in [-0.1, -0.05) is 24.3 Å². The summed E-state index contributed by atoms with van der Waals surface area (Å²) in [6.45, 7) is 5.62. The van der Waals surface area contributed by atoms with Crippen molar-refractivity contribution >= 4 is 11.6 Å². The summed E-state index contributed by atoms with van der Waals surface area (Å²) < 4.78 is 2.01. The molecule has 1 aromatic heterocycles. The van der Waals surface area contributed by atoms with Crippen molar-refractivity contribution in [2.75, 3.05) is 25.0 Å². The molecular weight excluding hydrogens is 338 g/mol. The van der Waals surface area contributed by atoms with Gasteiger partial charge in [0, 0.05) is 38.9 Å². The molecule has 0 saturated carbocycles. The van der Waals surface area contributed by atoms with Crippen LogP contribution in [0.2, 0.25) is 0 Å². The van der Waals surface area contributed by atoms with Crippen molar-refractivity contribution in [3.05, 3.63) is 53.6 Å². The molecule has 0 spiro atoms. The summed E-state index contributed by atoms with van der Waals surface area (Å²) in [5, 5.41) is 11.4. The van der Waals surface area contributed by atoms with Crippen molar-refractivity contribution in [3.63, 3.8) is 0 Å². The van der Waals surface area contributed by atoms with E-state index in [1.54, 1.807) is 7.05 Å². The average Bonchev–Trinajstić information content (AvgIpc) is 3.35. The molecule has 3 heterocycles. The number of rotatable bonds is 4. The third-order valence-electron chi connectivity index (χ3n) is 5.09. The molecule has 7 heteroatoms. The molecule has 0 saturated heterocycles. The van der Waals surface area contributed by atoms with Crippen LogP contribution in [-0.4, -0.2) is 40.9 Å². The molecular formula is C20H27N7. The first-order valence-corrected chi connectivity index (χ1v) is 9.60. The topological polar surface area (TPSA) is 70.4 Å². The van der Waals surface area contributed by atoms with E-state index in [0.717, 1.165) is 56.6 Å². The number of fused-ring (bicyclic) bond motifs is 1. The second-order valence-electron chi connectivity index (χ2n) is 7.05. The highest BCUT2D eigenvalue weighted by atomic mass is 15.4. The summed E-state index contributed by atoms with van der Waals surface area (Å²) in [7, 11) is 1.80. The molecule has 2 N–H and O–H groups in total. The molecule has 1 aromatic carbocycles. The Balaban J connectivity index is 1.34. The lowest BCUT2D eigenvalue weighted by Crippen LogP contribution is -2.41. The molecule has 0 amide bonds. The van der Waals surface area contributed by atoms with Crippen molar-refractivity contribution in [2.45, 2.75) is 38.9 Å². The highest BCUT2D eigenvalue weighted by Crippen LogP contribution is 2.23. The van der Waals surface area contributed by atoms with Gasteiger partial charge in [0.25, 0.3) is 0 Å². The van der Waals surface area contributed by atoms with Crippen LogP contribution in [0.3, 0.4) is 0 Å². The molecule has 0 fully saturated rings. The van der Waals surface area contributed by atoms with Crippen LogP contribution >= 0.6 is 0 Å². The number of aromatic nitrogens is 3. The molecule has 27 heavy (non-hydrogen) atoms. The standard InChI is InChI=1S/C20H27N7/c1-15-23-19-18(6-5-13-27(19)25-15)24-20(21-2)22-14-16-7-9-17(10-8-16)26-11-3-4-12-26/h3-4,7-10,18H,5-6,11-14H2,1-2H3,(H2,21,22,24). The van der Waals surface area contributed by atoms with Gasteiger partial charge in [0.2, 0.25) is 0 Å². The van der Waals surface area contributed by atoms with E-state index >= 15 is 0 Å². The lowest BCUT2D eigenvalue weighted by molar-refractivity contribution is 0.397. The van der Waals surface area contributed by atoms with E-state index in [4.69, 9.17) is 0 Å². The van der Waals surface area contributed by atoms with E-state index in [1.807, 2.05) is 11.6 Å². The van der Waals surface area contributed by atoms with Crippen LogP contribution in [0.15, 0.2) is 41.4 Å². The molecule has 4 rings (SSSR count). The maximum atomic E-state index is 4.58. The van der Waals surface area contributed by atoms with Crippen LogP contribution in [-0.2, 0) is 13.1 Å². The minimum atomic E-state index is 0.149. The minimum absolute atomic E-state index is 0.149. The lowest BCUT2D eigenvalue weighted by Gasteiger charge is -2.25. The fraction of sp³-hybridized carbons (Fsp3) is 0.450. The van der Waals surface area contributed by atoms with E-state index in [1.165, 1.54) is 11.3 Å². The Morgan fingerprint density at radius 3 is 2.74 bits per heavy atom. The van der Waals surface area contributed by atoms with Crippen LogP contribution in [0.5, 0.6) is 0 Å². The van der Waals surface area contributed by atoms with Gasteiger partial charge in [0.1, 0.15) is 11.6 Å². The average molecular weight is 365 g/mol. The van der Waals surface area contributed by atoms with Crippen LogP contribution in [0.25, 0.3) is 0 Å². The molecule has 0 aliphatic carbocycles. The highest BCUT2D eigenvalue weighted by Gasteiger charge is 2.24. The summed E-state index contributed by atoms with van der Waals surface area (Å²) >= 11 is 0. The predicted molar refractivity (Wildman–Crippen MR) is 108 cm³/mol. The van der Waals surface area contributed by atoms with Crippen molar-refractivity contribution in [1.82, 2.24) is 25.4 Å². The minimum Gasteiger partial charge on any atom is -0.364 e. The number of guanidine groups is 1. The number of nitrogens with one attached hydrogen (secondary N) is 2. The highest BCUT2D eigenvalue weighted by molar-refractivity contribution is 5.80. The maximum absolute atomic E-state index is 4.58. The zero-order valence-electron chi connectivity index (χ0n) is 16.0. The number of nitrogens with zero attached hydrogens (tertiary/aromatic N) is 5. The predicted octanol–water partition coefficient (Wildman–Crippen LogP) is 2.16. The summed E-state index contributed by atoms with van der Waals surface area (Å²) in [4.78, 5) is 11.3. The Labute approximate surface area is 160 Å². The normalized spacial score (nSPS) is 19.3. The third kappa shape index (κ3) is 3.97. The molecule has 2 aromatic rings. The van der Waals surface area contributed by atoms with Gasteiger partial charge in [0.05, 0.1) is 6.04 Å². The van der Waals surface area contributed by atoms with Crippen LogP contribution in [0.4, 0.5) is 5.69 Å². The number of aliphatic imine (C=N–C) groups is 1. The number of aryl methyl sites for hydroxylation is 2. The van der Waals surface area contributed by atoms with Gasteiger partial charge in [-0.3, -0.25) is 4.99 Å². The van der Waals surface area contributed by atoms with Crippen molar-refractivity contribution < 1.29 is 0 Å². The molecule has 1 atom stereocenters. The zero-order chi connectivity index (χ0) is 18.6. The Kier molecular flexibility index (Phi) is 5.09. The van der Waals surface area contributed by atoms with Gasteiger partial charge in [-0.25, -0.2) is 9.67 Å². The Bertz CT molecular complexity index is 827. The molecule has 0 bridgehead atoms. The van der Waals surface area contributed by atoms with Crippen LogP contribution in [0, 0.1) is 6.92 Å². The molecule has 2 aliphatic rings. The fourth-order valence-corrected chi connectivity index (χ4v) is 3.66. The second-order valence-corrected chi connectivity index (χ2v) is 7.05. The Hall–Kier alpha value is -2.83. The van der Waals surface area contributed by atoms with Gasteiger partial charge >= 0.3 is 0 Å². The van der Waals surface area contributed by atoms with Crippen molar-refractivity contribution in [3.8, 4) is 0 Å². The molecule has 7 nitrogen and oxygen atoms in total. The summed E-state index contributed by atoms with van der Waals surface area (Å²) in [5.74, 6) is 2.63. The largest absolute Gasteiger partial charge is 0.364 e. The Morgan fingerprint density at radius 1 is 1.22 bits per heavy atom. The summed E-state index contributed by atoms with van der Waals surface area (Å²) in [5.41, 5.74) is 2.50. The Morgan fingerprint density at radius 2 is 2.00 bits per heavy atom. The van der Waals surface area contributed by atoms with E-state index < -0.39 is 0 Å². The van der Waals surface area contributed by atoms with E-state index in [0.29, 0.717) is 0 Å². The third-order valence-corrected chi connectivity index (χ3v) is 5.09. The summed E-state index contributed by atoms with van der Waals surface area (Å²) in [6.07, 6.45) is 6.55. The maximum Gasteiger partial charge on any atom is 0.191 e. The first-order valence-electron chi connectivity index (χ1n) is 9.60. The molecule has 2 aliphatic heterocycles. The quantitative estimate of drug-likeness (QED) is 0.494. The van der Waals surface area contributed by atoms with Crippen LogP contribution in [0.1, 0.15) is 36.1 Å². The number of hydrogen-bond donors (Lipinski definition) is 2. The first-order chi connectivity index (χ1) is 13.2. The lowest BCUT2D eigenvalue weighted by atomic mass is 10.1. The number of anilines is 1. The first kappa shape index (κ1) is 17.6. The van der Waals surface area contributed by atoms with Gasteiger partial charge in [-0.15, -0.1) is 0 Å². The fourth-order valence-electron chi connectivity index (χ4n) is 3.66. The van der Waals surface area contributed by atoms with Crippen molar-refractivity contribution in [1.29, 1.82) is 0 Å². The van der Waals surface area contributed by atoms with E-state index in [-0.39, 0.29) is 6.04 Å². The van der Waals surface area contributed by atoms with Gasteiger partial charge < -0.3 is 15.5 Å². The molecule has 1 unspecified atom stereocenters. The zero-order valence-corrected chi connectivity index (χ0v) is 16.0. The molecule has 142 valence electrons. The van der Waals surface area contributed by atoms with Gasteiger partial charge in [-0.05, 0) is 37.5 Å². The molecule has 0 radical (unpaired) electrons. The van der Waals surface area contributed by atoms with E-state index in [9.17, 15) is 0 Å². The van der Waals surface area contributed by atoms with Crippen molar-refractivity contribution in [2.24, 2.45) is 4.99 Å². The van der Waals surface area contributed by atoms with Gasteiger partial charge in [-0.2, -0.15) is 5.10 Å². The SMILES string of the molecule is CN=C(NCc1ccc(N2CC=CC2)cc1)NC1CCCn2nc(C)nc21. The monoisotopic (exact) mass is 365 g/mol.